The first kappa shape index (κ1) is 27.3. The summed E-state index contributed by atoms with van der Waals surface area (Å²) in [6, 6.07) is 21.1. The van der Waals surface area contributed by atoms with Crippen molar-refractivity contribution in [3.05, 3.63) is 100 Å². The van der Waals surface area contributed by atoms with Crippen LogP contribution in [0, 0.1) is 11.3 Å². The summed E-state index contributed by atoms with van der Waals surface area (Å²) >= 11 is 2.65. The van der Waals surface area contributed by atoms with Gasteiger partial charge in [0.1, 0.15) is 35.5 Å². The molecule has 3 aromatic rings. The molecular formula is C29H24N4O5S2. The lowest BCUT2D eigenvalue weighted by Gasteiger charge is -2.49. The molecule has 1 saturated heterocycles. The van der Waals surface area contributed by atoms with Crippen LogP contribution in [0.4, 0.5) is 0 Å². The molecule has 11 heteroatoms. The van der Waals surface area contributed by atoms with Crippen molar-refractivity contribution in [2.45, 2.75) is 29.3 Å². The highest BCUT2D eigenvalue weighted by Crippen LogP contribution is 2.45. The molecule has 0 aliphatic carbocycles. The number of carbonyl (C=O) groups excluding carboxylic acids is 3. The van der Waals surface area contributed by atoms with E-state index in [2.05, 4.69) is 16.4 Å². The molecule has 202 valence electrons. The summed E-state index contributed by atoms with van der Waals surface area (Å²) in [7, 11) is 1.57. The maximum absolute atomic E-state index is 13.5. The van der Waals surface area contributed by atoms with Gasteiger partial charge in [-0.3, -0.25) is 14.5 Å². The van der Waals surface area contributed by atoms with Crippen molar-refractivity contribution < 1.29 is 23.9 Å². The maximum Gasteiger partial charge on any atom is 0.356 e. The minimum absolute atomic E-state index is 0.00229. The Morgan fingerprint density at radius 1 is 1.12 bits per heavy atom. The molecule has 2 aliphatic heterocycles. The maximum atomic E-state index is 13.5. The number of rotatable bonds is 9. The highest BCUT2D eigenvalue weighted by molar-refractivity contribution is 8.06. The number of carbonyl (C=O) groups is 3. The molecule has 1 fully saturated rings. The van der Waals surface area contributed by atoms with Gasteiger partial charge in [-0.1, -0.05) is 54.2 Å². The molecule has 40 heavy (non-hydrogen) atoms. The largest absolute Gasteiger partial charge is 0.497 e. The van der Waals surface area contributed by atoms with E-state index in [9.17, 15) is 19.6 Å². The number of thioether (sulfide) groups is 2. The lowest BCUT2D eigenvalue weighted by molar-refractivity contribution is -0.153. The fourth-order valence-corrected chi connectivity index (χ4v) is 6.81. The van der Waals surface area contributed by atoms with Crippen molar-refractivity contribution in [1.29, 1.82) is 5.26 Å². The quantitative estimate of drug-likeness (QED) is 0.302. The number of nitrogens with zero attached hydrogens (tertiary/aromatic N) is 3. The summed E-state index contributed by atoms with van der Waals surface area (Å²) in [6.07, 6.45) is 1.67. The third-order valence-electron chi connectivity index (χ3n) is 6.29. The van der Waals surface area contributed by atoms with Crippen LogP contribution in [0.15, 0.2) is 88.4 Å². The molecule has 3 heterocycles. The molecule has 2 atom stereocenters. The Morgan fingerprint density at radius 3 is 2.62 bits per heavy atom. The number of hydrogen-bond acceptors (Lipinski definition) is 9. The number of benzene rings is 2. The van der Waals surface area contributed by atoms with E-state index in [1.807, 2.05) is 30.3 Å². The van der Waals surface area contributed by atoms with E-state index in [4.69, 9.17) is 9.47 Å². The van der Waals surface area contributed by atoms with Crippen LogP contribution in [-0.2, 0) is 32.1 Å². The highest BCUT2D eigenvalue weighted by atomic mass is 32.2. The van der Waals surface area contributed by atoms with Crippen molar-refractivity contribution >= 4 is 41.3 Å². The minimum Gasteiger partial charge on any atom is -0.497 e. The molecule has 1 N–H and O–H groups in total. The summed E-state index contributed by atoms with van der Waals surface area (Å²) in [4.78, 5) is 46.1. The van der Waals surface area contributed by atoms with Crippen LogP contribution >= 0.6 is 23.5 Å². The Hall–Kier alpha value is -4.27. The van der Waals surface area contributed by atoms with Gasteiger partial charge in [0.2, 0.25) is 5.91 Å². The zero-order valence-corrected chi connectivity index (χ0v) is 23.0. The monoisotopic (exact) mass is 572 g/mol. The summed E-state index contributed by atoms with van der Waals surface area (Å²) < 4.78 is 10.8. The predicted octanol–water partition coefficient (Wildman–Crippen LogP) is 3.65. The van der Waals surface area contributed by atoms with Crippen LogP contribution in [0.5, 0.6) is 5.75 Å². The van der Waals surface area contributed by atoms with Gasteiger partial charge < -0.3 is 14.8 Å². The Bertz CT molecular complexity index is 1500. The Kier molecular flexibility index (Phi) is 8.38. The molecule has 0 bridgehead atoms. The Balaban J connectivity index is 1.36. The Morgan fingerprint density at radius 2 is 1.90 bits per heavy atom. The number of hydrogen-bond donors (Lipinski definition) is 1. The van der Waals surface area contributed by atoms with Crippen LogP contribution < -0.4 is 10.1 Å². The van der Waals surface area contributed by atoms with Gasteiger partial charge in [0.05, 0.1) is 13.5 Å². The molecule has 2 aliphatic rings. The van der Waals surface area contributed by atoms with Gasteiger partial charge in [0.25, 0.3) is 5.91 Å². The second-order valence-corrected chi connectivity index (χ2v) is 11.1. The highest BCUT2D eigenvalue weighted by Gasteiger charge is 2.54. The number of pyridine rings is 1. The average molecular weight is 573 g/mol. The number of nitriles is 1. The van der Waals surface area contributed by atoms with Gasteiger partial charge in [0, 0.05) is 21.8 Å². The number of esters is 1. The molecule has 9 nitrogen and oxygen atoms in total. The van der Waals surface area contributed by atoms with Crippen LogP contribution in [0.1, 0.15) is 16.8 Å². The molecule has 0 unspecified atom stereocenters. The summed E-state index contributed by atoms with van der Waals surface area (Å²) in [5.41, 5.74) is 1.93. The van der Waals surface area contributed by atoms with E-state index in [0.29, 0.717) is 21.3 Å². The summed E-state index contributed by atoms with van der Waals surface area (Å²) in [6.45, 7) is -0.00229. The number of methoxy groups -OCH3 is 1. The fourth-order valence-electron chi connectivity index (χ4n) is 4.29. The van der Waals surface area contributed by atoms with Gasteiger partial charge in [-0.2, -0.15) is 5.26 Å². The second kappa shape index (κ2) is 12.3. The van der Waals surface area contributed by atoms with Crippen LogP contribution in [0.3, 0.4) is 0 Å². The van der Waals surface area contributed by atoms with E-state index in [1.54, 1.807) is 43.5 Å². The van der Waals surface area contributed by atoms with Gasteiger partial charge in [-0.25, -0.2) is 9.78 Å². The fraction of sp³-hybridized carbons (Fsp3) is 0.207. The first-order valence-electron chi connectivity index (χ1n) is 12.3. The number of ether oxygens (including phenoxy) is 2. The third-order valence-corrected chi connectivity index (χ3v) is 8.89. The van der Waals surface area contributed by atoms with E-state index in [1.165, 1.54) is 34.6 Å². The zero-order valence-electron chi connectivity index (χ0n) is 21.4. The van der Waals surface area contributed by atoms with Crippen molar-refractivity contribution in [3.63, 3.8) is 0 Å². The summed E-state index contributed by atoms with van der Waals surface area (Å²) in [5, 5.41) is 11.9. The lowest BCUT2D eigenvalue weighted by Crippen LogP contribution is -2.70. The smallest absolute Gasteiger partial charge is 0.356 e. The topological polar surface area (TPSA) is 122 Å². The Labute approximate surface area is 239 Å². The third kappa shape index (κ3) is 5.83. The van der Waals surface area contributed by atoms with E-state index < -0.39 is 17.4 Å². The molecule has 1 aromatic heterocycles. The lowest BCUT2D eigenvalue weighted by atomic mass is 10.0. The molecule has 5 rings (SSSR count). The molecular weight excluding hydrogens is 548 g/mol. The van der Waals surface area contributed by atoms with Crippen molar-refractivity contribution in [2.24, 2.45) is 0 Å². The van der Waals surface area contributed by atoms with Crippen LogP contribution in [0.2, 0.25) is 0 Å². The van der Waals surface area contributed by atoms with Gasteiger partial charge in [-0.05, 0) is 35.4 Å². The van der Waals surface area contributed by atoms with Crippen molar-refractivity contribution in [2.75, 3.05) is 12.9 Å². The predicted molar refractivity (Wildman–Crippen MR) is 150 cm³/mol. The number of nitrogens with one attached hydrogen (secondary N) is 1. The van der Waals surface area contributed by atoms with E-state index in [-0.39, 0.29) is 36.2 Å². The normalized spacial score (nSPS) is 17.8. The second-order valence-electron chi connectivity index (χ2n) is 8.88. The molecule has 2 aromatic carbocycles. The number of β-lactam (4-membered cyclic amide) rings is 1. The van der Waals surface area contributed by atoms with Gasteiger partial charge in [-0.15, -0.1) is 11.8 Å². The van der Waals surface area contributed by atoms with Gasteiger partial charge >= 0.3 is 5.97 Å². The first-order valence-corrected chi connectivity index (χ1v) is 14.2. The standard InChI is InChI=1S/C29H24N4O5S2/c1-37-20-11-9-19(10-12-20)16-38-29(36)26-23(40-22-8-5-13-31-21(22)15-30)17-39-28-25(27(35)33(26)28)32-24(34)14-18-6-3-2-4-7-18/h2-13,25,28H,14,16-17H2,1H3,(H,32,34)/t25-,28+/m1/s1. The number of amides is 2. The van der Waals surface area contributed by atoms with Crippen molar-refractivity contribution in [3.8, 4) is 11.8 Å². The van der Waals surface area contributed by atoms with E-state index >= 15 is 0 Å². The van der Waals surface area contributed by atoms with Crippen LogP contribution in [-0.4, -0.2) is 51.9 Å². The minimum atomic E-state index is -0.759. The van der Waals surface area contributed by atoms with Gasteiger partial charge in [0.15, 0.2) is 5.69 Å². The SMILES string of the molecule is COc1ccc(COC(=O)C2=C(Sc3cccnc3C#N)CS[C@H]3[C@H](NC(=O)Cc4ccccc4)C(=O)N23)cc1. The molecule has 2 amide bonds. The average Bonchev–Trinajstić information content (AvgIpc) is 2.99. The van der Waals surface area contributed by atoms with Crippen molar-refractivity contribution in [1.82, 2.24) is 15.2 Å². The van der Waals surface area contributed by atoms with Crippen LogP contribution in [0.25, 0.3) is 0 Å². The van der Waals surface area contributed by atoms with E-state index in [0.717, 1.165) is 11.1 Å². The molecule has 0 saturated carbocycles. The summed E-state index contributed by atoms with van der Waals surface area (Å²) in [5.74, 6) is -0.253. The molecule has 0 radical (unpaired) electrons. The molecule has 0 spiro atoms. The number of fused-ring (bicyclic) bond motifs is 1. The zero-order chi connectivity index (χ0) is 28.1. The number of aromatic nitrogens is 1. The first-order chi connectivity index (χ1) is 19.5.